The molecule has 3 nitrogen and oxygen atoms in total. The summed E-state index contributed by atoms with van der Waals surface area (Å²) >= 11 is -0.960. The fourth-order valence-electron chi connectivity index (χ4n) is 5.76. The molecular weight excluding hydrogens is 549 g/mol. The summed E-state index contributed by atoms with van der Waals surface area (Å²) in [5.74, 6) is 1.51. The number of para-hydroxylation sites is 2. The minimum atomic E-state index is -0.960. The van der Waals surface area contributed by atoms with Crippen LogP contribution >= 0.6 is 0 Å². The van der Waals surface area contributed by atoms with Gasteiger partial charge in [-0.15, -0.1) is 0 Å². The first-order valence-electron chi connectivity index (χ1n) is 14.8. The Morgan fingerprint density at radius 2 is 1.20 bits per heavy atom. The second-order valence-electron chi connectivity index (χ2n) is 12.3. The molecule has 0 N–H and O–H groups in total. The van der Waals surface area contributed by atoms with Crippen LogP contribution in [0.3, 0.4) is 0 Å². The van der Waals surface area contributed by atoms with Gasteiger partial charge in [-0.1, -0.05) is 0 Å². The van der Waals surface area contributed by atoms with Crippen LogP contribution in [-0.4, -0.2) is 21.7 Å². The number of nitrogens with zero attached hydrogens (tertiary/aromatic N) is 2. The maximum absolute atomic E-state index is 6.91. The third kappa shape index (κ3) is 6.16. The van der Waals surface area contributed by atoms with Crippen LogP contribution in [0.2, 0.25) is 0 Å². The molecule has 1 saturated heterocycles. The quantitative estimate of drug-likeness (QED) is 0.191. The molecule has 1 heterocycles. The third-order valence-corrected chi connectivity index (χ3v) is 10.2. The number of benzene rings is 3. The molecule has 1 fully saturated rings. The van der Waals surface area contributed by atoms with E-state index < -0.39 is 16.0 Å². The van der Waals surface area contributed by atoms with Gasteiger partial charge in [0.15, 0.2) is 0 Å². The van der Waals surface area contributed by atoms with Gasteiger partial charge in [-0.05, 0) is 0 Å². The molecule has 1 aliphatic rings. The molecular formula is C36H46GeN2O. The van der Waals surface area contributed by atoms with Crippen LogP contribution in [0.25, 0.3) is 0 Å². The van der Waals surface area contributed by atoms with Crippen molar-refractivity contribution in [3.05, 3.63) is 107 Å². The number of rotatable bonds is 8. The summed E-state index contributed by atoms with van der Waals surface area (Å²) in [5, 5.41) is 0. The van der Waals surface area contributed by atoms with Crippen LogP contribution < -0.4 is 3.86 Å². The van der Waals surface area contributed by atoms with Gasteiger partial charge in [0.05, 0.1) is 0 Å². The van der Waals surface area contributed by atoms with Crippen LogP contribution in [0.1, 0.15) is 120 Å². The second-order valence-corrected chi connectivity index (χ2v) is 14.1. The predicted octanol–water partition coefficient (Wildman–Crippen LogP) is 10.2. The van der Waals surface area contributed by atoms with Gasteiger partial charge >= 0.3 is 251 Å². The number of hydrogen-bond donors (Lipinski definition) is 0. The van der Waals surface area contributed by atoms with Gasteiger partial charge in [0, 0.05) is 0 Å². The van der Waals surface area contributed by atoms with Crippen LogP contribution in [0, 0.1) is 5.92 Å². The maximum atomic E-state index is 6.91. The van der Waals surface area contributed by atoms with E-state index >= 15 is 0 Å². The first kappa shape index (κ1) is 30.3. The van der Waals surface area contributed by atoms with Crippen LogP contribution in [0.5, 0.6) is 0 Å². The molecule has 4 rings (SSSR count). The summed E-state index contributed by atoms with van der Waals surface area (Å²) in [6, 6.07) is 24.0. The SMILES string of the molecule is C=C1[C@@H](C(C)=Nc2c(C(C)C)cccc2C(C)C)[C@@H](c2ccccc2)[O][Ge][N]1c1c(C(C)C)cccc1C(C)C. The summed E-state index contributed by atoms with van der Waals surface area (Å²) < 4.78 is 9.36. The molecule has 0 aromatic heterocycles. The average Bonchev–Trinajstić information content (AvgIpc) is 2.92. The van der Waals surface area contributed by atoms with Crippen LogP contribution in [0.4, 0.5) is 11.4 Å². The fraction of sp³-hybridized carbons (Fsp3) is 0.417. The second kappa shape index (κ2) is 12.9. The van der Waals surface area contributed by atoms with Gasteiger partial charge in [-0.25, -0.2) is 0 Å². The van der Waals surface area contributed by atoms with Crippen molar-refractivity contribution in [3.8, 4) is 0 Å². The number of aliphatic imine (C=N–C) groups is 1. The van der Waals surface area contributed by atoms with Crippen molar-refractivity contribution in [2.45, 2.75) is 92.1 Å². The fourth-order valence-corrected chi connectivity index (χ4v) is 8.06. The standard InChI is InChI=1S/C36H46GeN2O/c1-22(2)29-18-14-19-30(23(3)4)34(29)38-26(9)33-27(10)39(37-40-36(33)28-16-12-11-13-17-28)35-31(24(5)6)20-15-21-32(35)25(7)8/h11-25,33,36H,10H2,1-9H3/t33-,36-/m1/s1. The van der Waals surface area contributed by atoms with Crippen molar-refractivity contribution in [1.82, 2.24) is 0 Å². The molecule has 2 atom stereocenters. The monoisotopic (exact) mass is 596 g/mol. The van der Waals surface area contributed by atoms with Crippen molar-refractivity contribution in [2.75, 3.05) is 3.86 Å². The first-order valence-corrected chi connectivity index (χ1v) is 16.6. The Morgan fingerprint density at radius 3 is 1.68 bits per heavy atom. The van der Waals surface area contributed by atoms with Gasteiger partial charge in [0.25, 0.3) is 0 Å². The molecule has 210 valence electrons. The summed E-state index contributed by atoms with van der Waals surface area (Å²) in [6.45, 7) is 25.1. The van der Waals surface area contributed by atoms with Gasteiger partial charge in [0.2, 0.25) is 0 Å². The van der Waals surface area contributed by atoms with E-state index in [4.69, 9.17) is 15.3 Å². The van der Waals surface area contributed by atoms with Gasteiger partial charge in [-0.3, -0.25) is 0 Å². The van der Waals surface area contributed by atoms with Crippen molar-refractivity contribution in [3.63, 3.8) is 0 Å². The van der Waals surface area contributed by atoms with E-state index in [9.17, 15) is 0 Å². The number of anilines is 1. The number of hydrogen-bond acceptors (Lipinski definition) is 3. The molecule has 1 aliphatic heterocycles. The summed E-state index contributed by atoms with van der Waals surface area (Å²) in [7, 11) is 0. The van der Waals surface area contributed by atoms with E-state index in [1.165, 1.54) is 33.5 Å². The molecule has 0 aliphatic carbocycles. The van der Waals surface area contributed by atoms with E-state index in [1.807, 2.05) is 0 Å². The Hall–Kier alpha value is -2.63. The zero-order valence-corrected chi connectivity index (χ0v) is 27.9. The Bertz CT molecular complexity index is 1300. The molecule has 0 spiro atoms. The minimum absolute atomic E-state index is 0.0691. The first-order chi connectivity index (χ1) is 19.0. The molecule has 0 saturated carbocycles. The van der Waals surface area contributed by atoms with Gasteiger partial charge in [-0.2, -0.15) is 0 Å². The molecule has 40 heavy (non-hydrogen) atoms. The van der Waals surface area contributed by atoms with E-state index in [-0.39, 0.29) is 12.0 Å². The topological polar surface area (TPSA) is 24.8 Å². The molecule has 4 heteroatoms. The molecule has 2 radical (unpaired) electrons. The Labute approximate surface area is 249 Å². The summed E-state index contributed by atoms with van der Waals surface area (Å²) in [6.07, 6.45) is -0.101. The van der Waals surface area contributed by atoms with Crippen molar-refractivity contribution in [1.29, 1.82) is 0 Å². The third-order valence-electron chi connectivity index (χ3n) is 7.99. The Morgan fingerprint density at radius 1 is 0.725 bits per heavy atom. The average molecular weight is 595 g/mol. The van der Waals surface area contributed by atoms with Gasteiger partial charge < -0.3 is 0 Å². The van der Waals surface area contributed by atoms with Crippen molar-refractivity contribution < 1.29 is 3.76 Å². The molecule has 0 unspecified atom stereocenters. The van der Waals surface area contributed by atoms with Crippen LogP contribution in [0.15, 0.2) is 84.0 Å². The van der Waals surface area contributed by atoms with E-state index in [0.717, 1.165) is 17.1 Å². The Kier molecular flexibility index (Phi) is 9.79. The zero-order chi connectivity index (χ0) is 29.1. The van der Waals surface area contributed by atoms with Crippen molar-refractivity contribution in [2.24, 2.45) is 10.9 Å². The van der Waals surface area contributed by atoms with Gasteiger partial charge in [0.1, 0.15) is 0 Å². The van der Waals surface area contributed by atoms with E-state index in [0.29, 0.717) is 23.7 Å². The molecule has 0 bridgehead atoms. The Balaban J connectivity index is 1.90. The summed E-state index contributed by atoms with van der Waals surface area (Å²) in [4.78, 5) is 5.46. The molecule has 3 aromatic carbocycles. The van der Waals surface area contributed by atoms with Crippen LogP contribution in [-0.2, 0) is 3.76 Å². The van der Waals surface area contributed by atoms with E-state index in [2.05, 4.69) is 133 Å². The summed E-state index contributed by atoms with van der Waals surface area (Å²) in [5.41, 5.74) is 11.1. The normalized spacial score (nSPS) is 18.5. The van der Waals surface area contributed by atoms with Crippen molar-refractivity contribution >= 4 is 33.1 Å². The predicted molar refractivity (Wildman–Crippen MR) is 173 cm³/mol. The molecule has 0 amide bonds. The molecule has 3 aromatic rings. The zero-order valence-electron chi connectivity index (χ0n) is 25.8. The van der Waals surface area contributed by atoms with E-state index in [1.54, 1.807) is 0 Å².